The Balaban J connectivity index is 2.10. The van der Waals surface area contributed by atoms with Gasteiger partial charge in [-0.15, -0.1) is 0 Å². The van der Waals surface area contributed by atoms with E-state index in [2.05, 4.69) is 80.1 Å². The van der Waals surface area contributed by atoms with E-state index in [0.29, 0.717) is 6.54 Å². The van der Waals surface area contributed by atoms with E-state index >= 15 is 0 Å². The summed E-state index contributed by atoms with van der Waals surface area (Å²) >= 11 is 0. The van der Waals surface area contributed by atoms with Gasteiger partial charge < -0.3 is 14.1 Å². The van der Waals surface area contributed by atoms with Gasteiger partial charge >= 0.3 is 0 Å². The van der Waals surface area contributed by atoms with Crippen LogP contribution in [0.15, 0.2) is 73.1 Å². The quantitative estimate of drug-likeness (QED) is 0.393. The average molecular weight is 421 g/mol. The van der Waals surface area contributed by atoms with E-state index in [1.165, 1.54) is 0 Å². The first-order valence-corrected chi connectivity index (χ1v) is 13.2. The minimum Gasteiger partial charge on any atom is -0.542 e. The summed E-state index contributed by atoms with van der Waals surface area (Å²) in [6, 6.07) is 20.6. The van der Waals surface area contributed by atoms with Crippen LogP contribution in [0.2, 0.25) is 18.1 Å². The van der Waals surface area contributed by atoms with E-state index in [0.717, 1.165) is 28.4 Å². The minimum absolute atomic E-state index is 0.0915. The monoisotopic (exact) mass is 420 g/mol. The number of nitrogens with zero attached hydrogens (tertiary/aromatic N) is 2. The standard InChI is InChI=1S/C25H32N2O2Si/c1-25(2,3)30(5,6)29-24-17-22(28-4)14-15-23(24)27(21-12-8-7-9-13-21)19-20-11-10-16-26-18-20/h7-18H,19H2,1-6H3. The molecule has 0 aliphatic carbocycles. The van der Waals surface area contributed by atoms with Crippen LogP contribution in [0.4, 0.5) is 11.4 Å². The third-order valence-corrected chi connectivity index (χ3v) is 10.1. The van der Waals surface area contributed by atoms with Crippen LogP contribution in [0, 0.1) is 0 Å². The lowest BCUT2D eigenvalue weighted by Crippen LogP contribution is -2.44. The lowest BCUT2D eigenvalue weighted by atomic mass is 10.1. The summed E-state index contributed by atoms with van der Waals surface area (Å²) in [6.45, 7) is 12.0. The van der Waals surface area contributed by atoms with Crippen molar-refractivity contribution in [2.75, 3.05) is 12.0 Å². The van der Waals surface area contributed by atoms with Gasteiger partial charge in [-0.05, 0) is 54.0 Å². The third kappa shape index (κ3) is 5.03. The predicted octanol–water partition coefficient (Wildman–Crippen LogP) is 6.81. The molecule has 0 unspecified atom stereocenters. The number of benzene rings is 2. The number of methoxy groups -OCH3 is 1. The van der Waals surface area contributed by atoms with Crippen LogP contribution in [-0.2, 0) is 6.54 Å². The predicted molar refractivity (Wildman–Crippen MR) is 127 cm³/mol. The molecule has 2 aromatic carbocycles. The Morgan fingerprint density at radius 2 is 1.70 bits per heavy atom. The number of aromatic nitrogens is 1. The maximum Gasteiger partial charge on any atom is 0.250 e. The number of para-hydroxylation sites is 1. The van der Waals surface area contributed by atoms with Crippen LogP contribution >= 0.6 is 0 Å². The fourth-order valence-corrected chi connectivity index (χ4v) is 3.97. The molecule has 0 aliphatic heterocycles. The van der Waals surface area contributed by atoms with Gasteiger partial charge in [0.1, 0.15) is 11.5 Å². The number of pyridine rings is 1. The van der Waals surface area contributed by atoms with Crippen LogP contribution in [0.25, 0.3) is 0 Å². The van der Waals surface area contributed by atoms with Crippen molar-refractivity contribution in [2.24, 2.45) is 0 Å². The maximum absolute atomic E-state index is 6.78. The third-order valence-electron chi connectivity index (χ3n) is 5.76. The van der Waals surface area contributed by atoms with E-state index in [-0.39, 0.29) is 5.04 Å². The summed E-state index contributed by atoms with van der Waals surface area (Å²) in [5.41, 5.74) is 3.26. The van der Waals surface area contributed by atoms with Crippen LogP contribution in [-0.4, -0.2) is 20.4 Å². The van der Waals surface area contributed by atoms with E-state index in [1.807, 2.05) is 30.5 Å². The number of ether oxygens (including phenoxy) is 1. The highest BCUT2D eigenvalue weighted by atomic mass is 28.4. The van der Waals surface area contributed by atoms with Crippen molar-refractivity contribution >= 4 is 19.7 Å². The molecule has 0 saturated heterocycles. The molecule has 0 spiro atoms. The lowest BCUT2D eigenvalue weighted by molar-refractivity contribution is 0.410. The second kappa shape index (κ2) is 8.92. The summed E-state index contributed by atoms with van der Waals surface area (Å²) in [6.07, 6.45) is 3.71. The fraction of sp³-hybridized carbons (Fsp3) is 0.320. The Kier molecular flexibility index (Phi) is 6.51. The Bertz CT molecular complexity index is 954. The minimum atomic E-state index is -2.05. The number of rotatable bonds is 7. The van der Waals surface area contributed by atoms with Crippen molar-refractivity contribution in [2.45, 2.75) is 45.4 Å². The highest BCUT2D eigenvalue weighted by molar-refractivity contribution is 6.74. The molecular weight excluding hydrogens is 388 g/mol. The summed E-state index contributed by atoms with van der Waals surface area (Å²) in [5.74, 6) is 1.65. The molecule has 4 nitrogen and oxygen atoms in total. The second-order valence-corrected chi connectivity index (χ2v) is 13.7. The van der Waals surface area contributed by atoms with Crippen LogP contribution in [0.5, 0.6) is 11.5 Å². The van der Waals surface area contributed by atoms with Gasteiger partial charge in [0.05, 0.1) is 12.8 Å². The smallest absolute Gasteiger partial charge is 0.250 e. The van der Waals surface area contributed by atoms with Gasteiger partial charge in [0.15, 0.2) is 0 Å². The van der Waals surface area contributed by atoms with E-state index in [1.54, 1.807) is 13.3 Å². The molecule has 0 fully saturated rings. The van der Waals surface area contributed by atoms with Gasteiger partial charge in [-0.1, -0.05) is 45.0 Å². The molecule has 0 aliphatic rings. The van der Waals surface area contributed by atoms with Crippen molar-refractivity contribution in [3.8, 4) is 11.5 Å². The second-order valence-electron chi connectivity index (χ2n) is 8.98. The largest absolute Gasteiger partial charge is 0.542 e. The summed E-state index contributed by atoms with van der Waals surface area (Å²) in [4.78, 5) is 6.57. The van der Waals surface area contributed by atoms with Crippen molar-refractivity contribution in [3.05, 3.63) is 78.6 Å². The molecule has 5 heteroatoms. The fourth-order valence-electron chi connectivity index (χ4n) is 2.95. The van der Waals surface area contributed by atoms with Gasteiger partial charge in [0.25, 0.3) is 8.32 Å². The van der Waals surface area contributed by atoms with E-state index < -0.39 is 8.32 Å². The molecule has 0 amide bonds. The van der Waals surface area contributed by atoms with Crippen molar-refractivity contribution < 1.29 is 9.16 Å². The molecule has 0 saturated carbocycles. The molecule has 1 aromatic heterocycles. The first-order valence-electron chi connectivity index (χ1n) is 10.3. The molecule has 158 valence electrons. The number of anilines is 2. The van der Waals surface area contributed by atoms with Crippen molar-refractivity contribution in [1.29, 1.82) is 0 Å². The SMILES string of the molecule is COc1ccc(N(Cc2cccnc2)c2ccccc2)c(O[Si](C)(C)C(C)(C)C)c1. The normalized spacial score (nSPS) is 11.8. The van der Waals surface area contributed by atoms with Crippen molar-refractivity contribution in [1.82, 2.24) is 4.98 Å². The Morgan fingerprint density at radius 1 is 0.967 bits per heavy atom. The van der Waals surface area contributed by atoms with Gasteiger partial charge in [-0.3, -0.25) is 4.98 Å². The topological polar surface area (TPSA) is 34.6 Å². The summed E-state index contributed by atoms with van der Waals surface area (Å²) in [5, 5.41) is 0.0915. The zero-order chi connectivity index (χ0) is 21.8. The molecule has 0 bridgehead atoms. The molecule has 1 heterocycles. The van der Waals surface area contributed by atoms with Crippen LogP contribution in [0.1, 0.15) is 26.3 Å². The summed E-state index contributed by atoms with van der Waals surface area (Å²) < 4.78 is 12.3. The Hall–Kier alpha value is -2.79. The van der Waals surface area contributed by atoms with Crippen LogP contribution < -0.4 is 14.1 Å². The van der Waals surface area contributed by atoms with Gasteiger partial charge in [0, 0.05) is 30.7 Å². The first kappa shape index (κ1) is 21.9. The van der Waals surface area contributed by atoms with Gasteiger partial charge in [-0.25, -0.2) is 0 Å². The van der Waals surface area contributed by atoms with Gasteiger partial charge in [0.2, 0.25) is 0 Å². The van der Waals surface area contributed by atoms with E-state index in [9.17, 15) is 0 Å². The molecule has 0 radical (unpaired) electrons. The van der Waals surface area contributed by atoms with E-state index in [4.69, 9.17) is 9.16 Å². The first-order chi connectivity index (χ1) is 14.2. The summed E-state index contributed by atoms with van der Waals surface area (Å²) in [7, 11) is -0.356. The average Bonchev–Trinajstić information content (AvgIpc) is 2.72. The Labute approximate surface area is 181 Å². The lowest BCUT2D eigenvalue weighted by Gasteiger charge is -2.38. The zero-order valence-corrected chi connectivity index (χ0v) is 19.8. The molecule has 3 rings (SSSR count). The number of hydrogen-bond acceptors (Lipinski definition) is 4. The highest BCUT2D eigenvalue weighted by Gasteiger charge is 2.39. The van der Waals surface area contributed by atoms with Gasteiger partial charge in [-0.2, -0.15) is 0 Å². The molecule has 0 N–H and O–H groups in total. The number of hydrogen-bond donors (Lipinski definition) is 0. The highest BCUT2D eigenvalue weighted by Crippen LogP contribution is 2.43. The molecule has 0 atom stereocenters. The molecular formula is C25H32N2O2Si. The molecule has 30 heavy (non-hydrogen) atoms. The zero-order valence-electron chi connectivity index (χ0n) is 18.8. The van der Waals surface area contributed by atoms with Crippen LogP contribution in [0.3, 0.4) is 0 Å². The Morgan fingerprint density at radius 3 is 2.30 bits per heavy atom. The van der Waals surface area contributed by atoms with Crippen molar-refractivity contribution in [3.63, 3.8) is 0 Å². The molecule has 3 aromatic rings. The maximum atomic E-state index is 6.78.